The molecule has 3 aliphatic rings. The molecule has 0 saturated carbocycles. The zero-order valence-electron chi connectivity index (χ0n) is 39.6. The van der Waals surface area contributed by atoms with E-state index in [2.05, 4.69) is 31.8 Å². The number of H-pyrrole nitrogens is 1. The van der Waals surface area contributed by atoms with Crippen molar-refractivity contribution in [3.63, 3.8) is 0 Å². The van der Waals surface area contributed by atoms with E-state index in [0.29, 0.717) is 48.8 Å². The van der Waals surface area contributed by atoms with Gasteiger partial charge in [-0.25, -0.2) is 29.5 Å². The minimum atomic E-state index is -1.16. The zero-order chi connectivity index (χ0) is 47.8. The van der Waals surface area contributed by atoms with Crippen molar-refractivity contribution in [3.8, 4) is 11.4 Å². The number of amides is 2. The third-order valence-electron chi connectivity index (χ3n) is 12.3. The topological polar surface area (TPSA) is 208 Å². The average molecular weight is 907 g/mol. The Balaban J connectivity index is 0.000000164. The summed E-state index contributed by atoms with van der Waals surface area (Å²) < 4.78 is 21.4. The number of carbonyl (C=O) groups excluding carboxylic acids is 2. The Labute approximate surface area is 383 Å². The lowest BCUT2D eigenvalue weighted by Gasteiger charge is -2.42. The maximum Gasteiger partial charge on any atom is 0.410 e. The highest BCUT2D eigenvalue weighted by molar-refractivity contribution is 5.72. The molecule has 6 aromatic rings. The van der Waals surface area contributed by atoms with Crippen LogP contribution in [0.1, 0.15) is 98.2 Å². The maximum atomic E-state index is 13.2. The largest absolute Gasteiger partial charge is 0.444 e. The number of epoxide rings is 1. The standard InChI is InChI=1S/C24H31N5O4.C12H10N4O.C12H21NO3/c1-16-6-8-18(9-7-16)29-14-25-19-20(29)26-15-28(21(19)30)17(2)24(32)10-12-27(13-11-24)22(31)33-23(3,4)5;1-8-2-4-9(5-3-8)16-7-15-10-11(16)13-6-14-12(10)17;1-9-12(15-9)5-7-13(8-6-12)10(14)16-11(2,3)4/h6-9,14-15,17,32H,10-13H2,1-5H3;2-7H,1H3,(H,13,14,17);9H,5-8H2,1-4H3. The van der Waals surface area contributed by atoms with Gasteiger partial charge in [0.2, 0.25) is 0 Å². The Hall–Kier alpha value is -6.40. The van der Waals surface area contributed by atoms with Crippen LogP contribution in [0.2, 0.25) is 0 Å². The van der Waals surface area contributed by atoms with E-state index >= 15 is 0 Å². The van der Waals surface area contributed by atoms with Gasteiger partial charge in [-0.15, -0.1) is 0 Å². The molecule has 2 atom stereocenters. The summed E-state index contributed by atoms with van der Waals surface area (Å²) in [5, 5.41) is 11.3. The summed E-state index contributed by atoms with van der Waals surface area (Å²) in [6.07, 6.45) is 8.37. The van der Waals surface area contributed by atoms with E-state index in [1.54, 1.807) is 38.5 Å². The molecule has 9 rings (SSSR count). The number of nitrogens with one attached hydrogen (secondary N) is 1. The van der Waals surface area contributed by atoms with Crippen LogP contribution < -0.4 is 11.1 Å². The smallest absolute Gasteiger partial charge is 0.410 e. The first-order valence-corrected chi connectivity index (χ1v) is 22.4. The number of aromatic amines is 1. The molecule has 7 heterocycles. The molecule has 0 aliphatic carbocycles. The summed E-state index contributed by atoms with van der Waals surface area (Å²) in [5.74, 6) is 0. The number of hydrogen-bond acceptors (Lipinski definition) is 12. The first-order chi connectivity index (χ1) is 31.1. The molecular formula is C48H62N10O8. The molecular weight excluding hydrogens is 845 g/mol. The second kappa shape index (κ2) is 18.5. The molecule has 4 aromatic heterocycles. The summed E-state index contributed by atoms with van der Waals surface area (Å²) in [7, 11) is 0. The number of imidazole rings is 2. The van der Waals surface area contributed by atoms with Gasteiger partial charge in [0, 0.05) is 37.6 Å². The molecule has 2 unspecified atom stereocenters. The van der Waals surface area contributed by atoms with Gasteiger partial charge in [-0.3, -0.25) is 23.3 Å². The van der Waals surface area contributed by atoms with Crippen LogP contribution in [0.25, 0.3) is 33.7 Å². The number of ether oxygens (including phenoxy) is 3. The first kappa shape index (κ1) is 47.6. The summed E-state index contributed by atoms with van der Waals surface area (Å²) in [6, 6.07) is 15.3. The molecule has 352 valence electrons. The van der Waals surface area contributed by atoms with Crippen molar-refractivity contribution >= 4 is 34.5 Å². The van der Waals surface area contributed by atoms with E-state index in [9.17, 15) is 24.3 Å². The molecule has 18 nitrogen and oxygen atoms in total. The number of aromatic nitrogens is 8. The lowest BCUT2D eigenvalue weighted by Crippen LogP contribution is -2.52. The summed E-state index contributed by atoms with van der Waals surface area (Å²) in [6.45, 7) is 21.3. The molecule has 2 N–H and O–H groups in total. The minimum absolute atomic E-state index is 0.0819. The SMILES string of the molecule is CC1OC12CCN(C(=O)OC(C)(C)C)CC2.Cc1ccc(-n2cnc3c(=O)[nH]cnc32)cc1.Cc1ccc(-n2cnc3c(=O)n(C(C)C4(O)CCN(C(=O)OC(C)(C)C)CC4)cnc32)cc1. The van der Waals surface area contributed by atoms with Gasteiger partial charge >= 0.3 is 12.2 Å². The Morgan fingerprint density at radius 3 is 1.61 bits per heavy atom. The van der Waals surface area contributed by atoms with Crippen molar-refractivity contribution in [3.05, 3.63) is 106 Å². The normalized spacial score (nSPS) is 18.2. The zero-order valence-corrected chi connectivity index (χ0v) is 39.6. The number of piperidine rings is 2. The van der Waals surface area contributed by atoms with Gasteiger partial charge < -0.3 is 34.1 Å². The third kappa shape index (κ3) is 10.7. The Morgan fingerprint density at radius 2 is 1.15 bits per heavy atom. The van der Waals surface area contributed by atoms with Crippen molar-refractivity contribution in [2.75, 3.05) is 26.2 Å². The number of nitrogens with zero attached hydrogens (tertiary/aromatic N) is 9. The van der Waals surface area contributed by atoms with E-state index in [4.69, 9.17) is 14.2 Å². The second-order valence-electron chi connectivity index (χ2n) is 19.5. The second-order valence-corrected chi connectivity index (χ2v) is 19.5. The van der Waals surface area contributed by atoms with Gasteiger partial charge in [0.05, 0.1) is 29.7 Å². The van der Waals surface area contributed by atoms with E-state index in [-0.39, 0.29) is 34.4 Å². The highest BCUT2D eigenvalue weighted by Gasteiger charge is 2.55. The highest BCUT2D eigenvalue weighted by Crippen LogP contribution is 2.45. The predicted molar refractivity (Wildman–Crippen MR) is 249 cm³/mol. The predicted octanol–water partition coefficient (Wildman–Crippen LogP) is 6.81. The van der Waals surface area contributed by atoms with Gasteiger partial charge in [0.25, 0.3) is 11.1 Å². The fraction of sp³-hybridized carbons (Fsp3) is 0.500. The molecule has 1 spiro atoms. The van der Waals surface area contributed by atoms with Crippen LogP contribution in [0.5, 0.6) is 0 Å². The van der Waals surface area contributed by atoms with Crippen LogP contribution >= 0.6 is 0 Å². The Kier molecular flexibility index (Phi) is 13.3. The van der Waals surface area contributed by atoms with Crippen molar-refractivity contribution in [1.82, 2.24) is 48.4 Å². The van der Waals surface area contributed by atoms with Crippen molar-refractivity contribution < 1.29 is 28.9 Å². The number of aliphatic hydroxyl groups is 1. The molecule has 66 heavy (non-hydrogen) atoms. The fourth-order valence-electron chi connectivity index (χ4n) is 8.13. The van der Waals surface area contributed by atoms with Crippen LogP contribution in [0.4, 0.5) is 9.59 Å². The van der Waals surface area contributed by atoms with Crippen LogP contribution in [-0.2, 0) is 14.2 Å². The highest BCUT2D eigenvalue weighted by atomic mass is 16.6. The third-order valence-corrected chi connectivity index (χ3v) is 12.3. The van der Waals surface area contributed by atoms with E-state index in [0.717, 1.165) is 42.9 Å². The van der Waals surface area contributed by atoms with Crippen molar-refractivity contribution in [2.24, 2.45) is 0 Å². The summed E-state index contributed by atoms with van der Waals surface area (Å²) >= 11 is 0. The van der Waals surface area contributed by atoms with E-state index in [1.807, 2.05) is 104 Å². The minimum Gasteiger partial charge on any atom is -0.444 e. The monoisotopic (exact) mass is 906 g/mol. The summed E-state index contributed by atoms with van der Waals surface area (Å²) in [4.78, 5) is 71.8. The van der Waals surface area contributed by atoms with E-state index < -0.39 is 22.8 Å². The van der Waals surface area contributed by atoms with Crippen molar-refractivity contribution in [1.29, 1.82) is 0 Å². The molecule has 0 bridgehead atoms. The fourth-order valence-corrected chi connectivity index (χ4v) is 8.13. The molecule has 3 aliphatic heterocycles. The lowest BCUT2D eigenvalue weighted by atomic mass is 9.85. The quantitative estimate of drug-likeness (QED) is 0.175. The summed E-state index contributed by atoms with van der Waals surface area (Å²) in [5.41, 5.74) is 3.19. The number of aryl methyl sites for hydroxylation is 2. The number of hydrogen-bond donors (Lipinski definition) is 2. The molecule has 3 fully saturated rings. The van der Waals surface area contributed by atoms with Gasteiger partial charge in [0.15, 0.2) is 22.3 Å². The van der Waals surface area contributed by atoms with Gasteiger partial charge in [-0.1, -0.05) is 35.4 Å². The molecule has 2 aromatic carbocycles. The van der Waals surface area contributed by atoms with Crippen molar-refractivity contribution in [2.45, 2.75) is 129 Å². The van der Waals surface area contributed by atoms with Gasteiger partial charge in [-0.05, 0) is 119 Å². The Morgan fingerprint density at radius 1 is 0.712 bits per heavy atom. The molecule has 2 amide bonds. The van der Waals surface area contributed by atoms with Crippen LogP contribution in [0, 0.1) is 13.8 Å². The Bertz CT molecular complexity index is 2780. The molecule has 3 saturated heterocycles. The maximum absolute atomic E-state index is 13.2. The van der Waals surface area contributed by atoms with Crippen LogP contribution in [0.3, 0.4) is 0 Å². The lowest BCUT2D eigenvalue weighted by molar-refractivity contribution is -0.0607. The van der Waals surface area contributed by atoms with Gasteiger partial charge in [0.1, 0.15) is 30.2 Å². The van der Waals surface area contributed by atoms with E-state index in [1.165, 1.54) is 22.8 Å². The average Bonchev–Trinajstić information content (AvgIpc) is 3.55. The molecule has 18 heteroatoms. The number of fused-ring (bicyclic) bond motifs is 2. The van der Waals surface area contributed by atoms with Gasteiger partial charge in [-0.2, -0.15) is 0 Å². The number of carbonyl (C=O) groups is 2. The molecule has 0 radical (unpaired) electrons. The first-order valence-electron chi connectivity index (χ1n) is 22.4. The van der Waals surface area contributed by atoms with Crippen LogP contribution in [0.15, 0.2) is 83.4 Å². The number of rotatable bonds is 4. The number of benzene rings is 2. The number of likely N-dealkylation sites (tertiary alicyclic amines) is 2. The van der Waals surface area contributed by atoms with Crippen LogP contribution in [-0.4, -0.2) is 120 Å².